The summed E-state index contributed by atoms with van der Waals surface area (Å²) in [7, 11) is 0. The van der Waals surface area contributed by atoms with Crippen LogP contribution in [0.4, 0.5) is 0 Å². The van der Waals surface area contributed by atoms with Gasteiger partial charge >= 0.3 is 0 Å². The molecule has 108 valence electrons. The number of nitrogens with zero attached hydrogens (tertiary/aromatic N) is 1. The molecule has 0 aromatic heterocycles. The molecule has 0 atom stereocenters. The monoisotopic (exact) mass is 274 g/mol. The third kappa shape index (κ3) is 4.47. The van der Waals surface area contributed by atoms with E-state index in [2.05, 4.69) is 10.2 Å². The molecule has 1 aromatic carbocycles. The molecule has 4 nitrogen and oxygen atoms in total. The lowest BCUT2D eigenvalue weighted by Crippen LogP contribution is -2.40. The zero-order chi connectivity index (χ0) is 14.2. The molecular weight excluding hydrogens is 252 g/mol. The van der Waals surface area contributed by atoms with Gasteiger partial charge in [-0.3, -0.25) is 9.69 Å². The van der Waals surface area contributed by atoms with Gasteiger partial charge in [-0.2, -0.15) is 0 Å². The number of carbonyl (C=O) groups excluding carboxylic acids is 1. The second-order valence-electron chi connectivity index (χ2n) is 4.87. The predicted molar refractivity (Wildman–Crippen MR) is 79.3 cm³/mol. The Balaban J connectivity index is 1.82. The first-order valence-electron chi connectivity index (χ1n) is 7.07. The van der Waals surface area contributed by atoms with E-state index in [1.54, 1.807) is 0 Å². The lowest BCUT2D eigenvalue weighted by atomic mass is 10.2. The number of benzene rings is 1. The molecule has 1 amide bonds. The van der Waals surface area contributed by atoms with Crippen LogP contribution in [-0.2, 0) is 16.1 Å². The molecule has 0 spiro atoms. The zero-order valence-electron chi connectivity index (χ0n) is 12.0. The van der Waals surface area contributed by atoms with E-state index in [9.17, 15) is 4.79 Å². The van der Waals surface area contributed by atoms with Crippen molar-refractivity contribution in [2.24, 2.45) is 0 Å². The second kappa shape index (κ2) is 7.82. The second-order valence-corrected chi connectivity index (χ2v) is 4.87. The summed E-state index contributed by atoms with van der Waals surface area (Å²) in [6.45, 7) is 6.47. The number of rotatable bonds is 5. The van der Waals surface area contributed by atoms with Crippen molar-refractivity contribution in [3.8, 4) is 0 Å². The molecule has 0 unspecified atom stereocenters. The van der Waals surface area contributed by atoms with E-state index in [1.807, 2.05) is 43.3 Å². The fraction of sp³-hybridized carbons (Fsp3) is 0.438. The normalized spacial score (nSPS) is 16.9. The van der Waals surface area contributed by atoms with Gasteiger partial charge < -0.3 is 10.1 Å². The van der Waals surface area contributed by atoms with Gasteiger partial charge in [-0.15, -0.1) is 0 Å². The first-order valence-corrected chi connectivity index (χ1v) is 7.07. The number of morpholine rings is 1. The Morgan fingerprint density at radius 3 is 2.65 bits per heavy atom. The molecule has 4 heteroatoms. The van der Waals surface area contributed by atoms with Crippen molar-refractivity contribution >= 4 is 5.91 Å². The Kier molecular flexibility index (Phi) is 5.77. The van der Waals surface area contributed by atoms with Crippen molar-refractivity contribution in [1.82, 2.24) is 10.2 Å². The topological polar surface area (TPSA) is 41.6 Å². The van der Waals surface area contributed by atoms with Gasteiger partial charge in [0.1, 0.15) is 0 Å². The molecule has 1 N–H and O–H groups in total. The van der Waals surface area contributed by atoms with E-state index < -0.39 is 0 Å². The molecule has 0 radical (unpaired) electrons. The highest BCUT2D eigenvalue weighted by Gasteiger charge is 2.15. The molecular formula is C16H22N2O2. The number of hydrogen-bond donors (Lipinski definition) is 1. The van der Waals surface area contributed by atoms with Crippen LogP contribution < -0.4 is 5.32 Å². The summed E-state index contributed by atoms with van der Waals surface area (Å²) in [5.41, 5.74) is 1.94. The standard InChI is InChI=1S/C16H22N2O2/c1-2-15(13-18-8-10-20-11-9-18)16(19)17-12-14-6-4-3-5-7-14/h2-7H,8-13H2,1H3,(H,17,19)/b15-2+. The van der Waals surface area contributed by atoms with E-state index >= 15 is 0 Å². The van der Waals surface area contributed by atoms with Gasteiger partial charge in [0, 0.05) is 31.8 Å². The average molecular weight is 274 g/mol. The molecule has 1 aliphatic rings. The molecule has 1 fully saturated rings. The van der Waals surface area contributed by atoms with Gasteiger partial charge in [-0.05, 0) is 12.5 Å². The number of nitrogens with one attached hydrogen (secondary N) is 1. The largest absolute Gasteiger partial charge is 0.379 e. The number of hydrogen-bond acceptors (Lipinski definition) is 3. The SMILES string of the molecule is C/C=C(\CN1CCOCC1)C(=O)NCc1ccccc1. The first-order chi connectivity index (χ1) is 9.79. The molecule has 2 rings (SSSR count). The minimum atomic E-state index is 0.0165. The summed E-state index contributed by atoms with van der Waals surface area (Å²) in [6.07, 6.45) is 1.90. The van der Waals surface area contributed by atoms with Gasteiger partial charge in [0.05, 0.1) is 13.2 Å². The summed E-state index contributed by atoms with van der Waals surface area (Å²) in [5.74, 6) is 0.0165. The Bertz CT molecular complexity index is 451. The van der Waals surface area contributed by atoms with Crippen LogP contribution in [0.1, 0.15) is 12.5 Å². The van der Waals surface area contributed by atoms with Gasteiger partial charge in [-0.1, -0.05) is 36.4 Å². The summed E-state index contributed by atoms with van der Waals surface area (Å²) in [4.78, 5) is 14.4. The van der Waals surface area contributed by atoms with E-state index in [-0.39, 0.29) is 5.91 Å². The van der Waals surface area contributed by atoms with Crippen molar-refractivity contribution in [1.29, 1.82) is 0 Å². The molecule has 1 aromatic rings. The van der Waals surface area contributed by atoms with Crippen molar-refractivity contribution < 1.29 is 9.53 Å². The number of amides is 1. The highest BCUT2D eigenvalue weighted by atomic mass is 16.5. The van der Waals surface area contributed by atoms with Crippen LogP contribution in [0.15, 0.2) is 42.0 Å². The lowest BCUT2D eigenvalue weighted by Gasteiger charge is -2.27. The van der Waals surface area contributed by atoms with Crippen LogP contribution in [0.25, 0.3) is 0 Å². The van der Waals surface area contributed by atoms with E-state index in [0.717, 1.165) is 37.4 Å². The smallest absolute Gasteiger partial charge is 0.248 e. The fourth-order valence-electron chi connectivity index (χ4n) is 2.19. The summed E-state index contributed by atoms with van der Waals surface area (Å²) in [6, 6.07) is 9.95. The molecule has 0 saturated carbocycles. The van der Waals surface area contributed by atoms with E-state index in [0.29, 0.717) is 13.1 Å². The Morgan fingerprint density at radius 2 is 2.00 bits per heavy atom. The van der Waals surface area contributed by atoms with Crippen molar-refractivity contribution in [2.75, 3.05) is 32.8 Å². The van der Waals surface area contributed by atoms with Crippen LogP contribution in [0.3, 0.4) is 0 Å². The van der Waals surface area contributed by atoms with Gasteiger partial charge in [0.15, 0.2) is 0 Å². The summed E-state index contributed by atoms with van der Waals surface area (Å²) < 4.78 is 5.32. The van der Waals surface area contributed by atoms with Gasteiger partial charge in [0.25, 0.3) is 0 Å². The van der Waals surface area contributed by atoms with Crippen LogP contribution in [0, 0.1) is 0 Å². The van der Waals surface area contributed by atoms with Gasteiger partial charge in [-0.25, -0.2) is 0 Å². The minimum absolute atomic E-state index is 0.0165. The van der Waals surface area contributed by atoms with Crippen LogP contribution >= 0.6 is 0 Å². The Labute approximate surface area is 120 Å². The minimum Gasteiger partial charge on any atom is -0.379 e. The molecule has 1 saturated heterocycles. The van der Waals surface area contributed by atoms with Crippen molar-refractivity contribution in [3.63, 3.8) is 0 Å². The predicted octanol–water partition coefficient (Wildman–Crippen LogP) is 1.58. The zero-order valence-corrected chi connectivity index (χ0v) is 12.0. The number of carbonyl (C=O) groups is 1. The van der Waals surface area contributed by atoms with Gasteiger partial charge in [0.2, 0.25) is 5.91 Å². The highest BCUT2D eigenvalue weighted by Crippen LogP contribution is 2.04. The van der Waals surface area contributed by atoms with Crippen molar-refractivity contribution in [3.05, 3.63) is 47.5 Å². The Hall–Kier alpha value is -1.65. The van der Waals surface area contributed by atoms with Crippen LogP contribution in [-0.4, -0.2) is 43.7 Å². The van der Waals surface area contributed by atoms with E-state index in [1.165, 1.54) is 0 Å². The Morgan fingerprint density at radius 1 is 1.30 bits per heavy atom. The molecule has 1 heterocycles. The van der Waals surface area contributed by atoms with E-state index in [4.69, 9.17) is 4.74 Å². The molecule has 0 bridgehead atoms. The third-order valence-electron chi connectivity index (χ3n) is 3.43. The van der Waals surface area contributed by atoms with Crippen LogP contribution in [0.5, 0.6) is 0 Å². The molecule has 0 aliphatic carbocycles. The fourth-order valence-corrected chi connectivity index (χ4v) is 2.19. The maximum absolute atomic E-state index is 12.2. The number of allylic oxidation sites excluding steroid dienone is 1. The maximum atomic E-state index is 12.2. The average Bonchev–Trinajstić information content (AvgIpc) is 2.52. The molecule has 20 heavy (non-hydrogen) atoms. The first kappa shape index (κ1) is 14.8. The summed E-state index contributed by atoms with van der Waals surface area (Å²) in [5, 5.41) is 2.97. The third-order valence-corrected chi connectivity index (χ3v) is 3.43. The summed E-state index contributed by atoms with van der Waals surface area (Å²) >= 11 is 0. The lowest BCUT2D eigenvalue weighted by molar-refractivity contribution is -0.118. The quantitative estimate of drug-likeness (QED) is 0.829. The van der Waals surface area contributed by atoms with Crippen molar-refractivity contribution in [2.45, 2.75) is 13.5 Å². The number of ether oxygens (including phenoxy) is 1. The molecule has 1 aliphatic heterocycles. The van der Waals surface area contributed by atoms with Crippen LogP contribution in [0.2, 0.25) is 0 Å². The maximum Gasteiger partial charge on any atom is 0.248 e. The highest BCUT2D eigenvalue weighted by molar-refractivity contribution is 5.93.